The van der Waals surface area contributed by atoms with Crippen molar-refractivity contribution in [1.82, 2.24) is 4.72 Å². The summed E-state index contributed by atoms with van der Waals surface area (Å²) in [5.74, 6) is -0.478. The molecule has 0 aliphatic carbocycles. The van der Waals surface area contributed by atoms with Gasteiger partial charge in [0.2, 0.25) is 5.91 Å². The molecule has 0 unspecified atom stereocenters. The molecule has 0 aromatic heterocycles. The molecule has 10 heavy (non-hydrogen) atoms. The maximum absolute atomic E-state index is 10.0. The topological polar surface area (TPSA) is 92.7 Å². The molecule has 8 heteroatoms. The number of carbonyl (C=O) groups is 1. The van der Waals surface area contributed by atoms with E-state index in [9.17, 15) is 13.2 Å². The van der Waals surface area contributed by atoms with Crippen LogP contribution in [0.3, 0.4) is 0 Å². The van der Waals surface area contributed by atoms with E-state index in [-0.39, 0.29) is 12.2 Å². The van der Waals surface area contributed by atoms with Crippen LogP contribution in [-0.2, 0) is 18.8 Å². The fraction of sp³-hybridized carbons (Fsp3) is 0.500. The van der Waals surface area contributed by atoms with Crippen LogP contribution in [0.2, 0.25) is 0 Å². The van der Waals surface area contributed by atoms with E-state index in [0.29, 0.717) is 0 Å². The van der Waals surface area contributed by atoms with Crippen LogP contribution in [-0.4, -0.2) is 18.9 Å². The molecule has 0 radical (unpaired) electrons. The Labute approximate surface area is 62.2 Å². The van der Waals surface area contributed by atoms with Gasteiger partial charge < -0.3 is 0 Å². The number of nitrogens with one attached hydrogen (secondary N) is 1. The second-order valence-electron chi connectivity index (χ2n) is 1.24. The van der Waals surface area contributed by atoms with Crippen molar-refractivity contribution in [2.75, 3.05) is 0 Å². The Morgan fingerprint density at radius 1 is 1.70 bits per heavy atom. The number of amides is 1. The molecule has 0 saturated carbocycles. The molecule has 0 aromatic rings. The molecule has 6 nitrogen and oxygen atoms in total. The minimum atomic E-state index is -4.47. The van der Waals surface area contributed by atoms with Gasteiger partial charge in [-0.2, -0.15) is 12.0 Å². The maximum atomic E-state index is 10.0. The largest absolute Gasteiger partial charge is 0.409 e. The maximum Gasteiger partial charge on any atom is 0.409 e. The van der Waals surface area contributed by atoms with Gasteiger partial charge in [-0.05, 0) is 0 Å². The third kappa shape index (κ3) is 7.69. The first-order valence-electron chi connectivity index (χ1n) is 2.01. The molecular formula is C2H5NO5S2. The van der Waals surface area contributed by atoms with E-state index >= 15 is 0 Å². The van der Waals surface area contributed by atoms with Gasteiger partial charge in [-0.25, -0.2) is 0 Å². The Hall–Kier alpha value is -0.310. The summed E-state index contributed by atoms with van der Waals surface area (Å²) in [4.78, 5) is 10.0. The Morgan fingerprint density at radius 2 is 2.20 bits per heavy atom. The first-order valence-corrected chi connectivity index (χ1v) is 4.11. The minimum absolute atomic E-state index is 0.131. The first kappa shape index (κ1) is 9.69. The van der Waals surface area contributed by atoms with Gasteiger partial charge in [-0.15, -0.1) is 0 Å². The predicted molar refractivity (Wildman–Crippen MR) is 34.0 cm³/mol. The van der Waals surface area contributed by atoms with Crippen LogP contribution in [0, 0.1) is 0 Å². The normalized spacial score (nSPS) is 11.0. The lowest BCUT2D eigenvalue weighted by Gasteiger charge is -1.95. The summed E-state index contributed by atoms with van der Waals surface area (Å²) in [7, 11) is -4.47. The lowest BCUT2D eigenvalue weighted by molar-refractivity contribution is -0.117. The van der Waals surface area contributed by atoms with Crippen molar-refractivity contribution in [1.29, 1.82) is 0 Å². The van der Waals surface area contributed by atoms with Crippen LogP contribution >= 0.6 is 12.2 Å². The summed E-state index contributed by atoms with van der Waals surface area (Å²) < 4.78 is 33.0. The van der Waals surface area contributed by atoms with Gasteiger partial charge in [0.1, 0.15) is 12.2 Å². The lowest BCUT2D eigenvalue weighted by atomic mass is 10.8. The van der Waals surface area contributed by atoms with Crippen LogP contribution in [0.25, 0.3) is 0 Å². The SMILES string of the molecule is CC(=O)NSOS(=O)(=O)O. The lowest BCUT2D eigenvalue weighted by Crippen LogP contribution is -2.12. The van der Waals surface area contributed by atoms with Gasteiger partial charge in [0.15, 0.2) is 0 Å². The first-order chi connectivity index (χ1) is 4.42. The molecule has 0 atom stereocenters. The molecule has 2 N–H and O–H groups in total. The van der Waals surface area contributed by atoms with E-state index in [1.807, 2.05) is 4.72 Å². The van der Waals surface area contributed by atoms with Crippen molar-refractivity contribution in [3.05, 3.63) is 0 Å². The van der Waals surface area contributed by atoms with Crippen molar-refractivity contribution >= 4 is 28.5 Å². The molecule has 0 bridgehead atoms. The molecule has 0 saturated heterocycles. The fourth-order valence-electron chi connectivity index (χ4n) is 0.119. The molecule has 60 valence electrons. The number of carbonyl (C=O) groups excluding carboxylic acids is 1. The third-order valence-electron chi connectivity index (χ3n) is 0.305. The zero-order valence-corrected chi connectivity index (χ0v) is 6.53. The molecule has 0 spiro atoms. The molecule has 0 heterocycles. The second-order valence-corrected chi connectivity index (χ2v) is 3.01. The predicted octanol–water partition coefficient (Wildman–Crippen LogP) is -0.495. The Balaban J connectivity index is 3.49. The van der Waals surface area contributed by atoms with E-state index in [1.165, 1.54) is 6.92 Å². The summed E-state index contributed by atoms with van der Waals surface area (Å²) >= 11 is 0.131. The average molecular weight is 187 g/mol. The highest BCUT2D eigenvalue weighted by Gasteiger charge is 2.04. The van der Waals surface area contributed by atoms with Crippen LogP contribution in [0.15, 0.2) is 0 Å². The van der Waals surface area contributed by atoms with Gasteiger partial charge in [-0.1, -0.05) is 0 Å². The second kappa shape index (κ2) is 3.76. The number of hydrogen-bond donors (Lipinski definition) is 2. The standard InChI is InChI=1S/C2H5NO5S2/c1-2(4)3-9-8-10(5,6)7/h1H3,(H,3,4)(H,5,6,7). The third-order valence-corrected chi connectivity index (χ3v) is 1.64. The van der Waals surface area contributed by atoms with Crippen LogP contribution in [0.4, 0.5) is 0 Å². The molecule has 0 fully saturated rings. The molecule has 0 aromatic carbocycles. The van der Waals surface area contributed by atoms with Crippen LogP contribution < -0.4 is 4.72 Å². The number of hydrogen-bond acceptors (Lipinski definition) is 5. The smallest absolute Gasteiger partial charge is 0.276 e. The summed E-state index contributed by atoms with van der Waals surface area (Å²) in [5.41, 5.74) is 0. The van der Waals surface area contributed by atoms with Crippen LogP contribution in [0.1, 0.15) is 6.92 Å². The van der Waals surface area contributed by atoms with Crippen molar-refractivity contribution in [3.8, 4) is 0 Å². The fourth-order valence-corrected chi connectivity index (χ4v) is 0.716. The van der Waals surface area contributed by atoms with Gasteiger partial charge in [0, 0.05) is 6.92 Å². The van der Waals surface area contributed by atoms with E-state index < -0.39 is 16.3 Å². The van der Waals surface area contributed by atoms with Crippen molar-refractivity contribution in [2.45, 2.75) is 6.92 Å². The highest BCUT2D eigenvalue weighted by Crippen LogP contribution is 2.00. The van der Waals surface area contributed by atoms with Gasteiger partial charge in [0.05, 0.1) is 0 Å². The van der Waals surface area contributed by atoms with Gasteiger partial charge >= 0.3 is 10.4 Å². The quantitative estimate of drug-likeness (QED) is 0.351. The summed E-state index contributed by atoms with van der Waals surface area (Å²) in [6.07, 6.45) is 0. The summed E-state index contributed by atoms with van der Waals surface area (Å²) in [5, 5.41) is 0. The van der Waals surface area contributed by atoms with Crippen LogP contribution in [0.5, 0.6) is 0 Å². The van der Waals surface area contributed by atoms with Crippen molar-refractivity contribution < 1.29 is 21.4 Å². The van der Waals surface area contributed by atoms with E-state index in [1.54, 1.807) is 0 Å². The Bertz CT molecular complexity index is 208. The van der Waals surface area contributed by atoms with E-state index in [0.717, 1.165) is 0 Å². The molecule has 1 amide bonds. The van der Waals surface area contributed by atoms with Gasteiger partial charge in [0.25, 0.3) is 0 Å². The van der Waals surface area contributed by atoms with Crippen molar-refractivity contribution in [2.24, 2.45) is 0 Å². The zero-order chi connectivity index (χ0) is 8.20. The van der Waals surface area contributed by atoms with Crippen molar-refractivity contribution in [3.63, 3.8) is 0 Å². The molecule has 0 aliphatic rings. The van der Waals surface area contributed by atoms with Gasteiger partial charge in [-0.3, -0.25) is 14.1 Å². The Kier molecular flexibility index (Phi) is 3.64. The minimum Gasteiger partial charge on any atom is -0.276 e. The molecule has 0 aliphatic heterocycles. The summed E-state index contributed by atoms with van der Waals surface area (Å²) in [6.45, 7) is 1.17. The summed E-state index contributed by atoms with van der Waals surface area (Å²) in [6, 6.07) is 0. The van der Waals surface area contributed by atoms with E-state index in [2.05, 4.69) is 3.63 Å². The highest BCUT2D eigenvalue weighted by molar-refractivity contribution is 8.01. The Morgan fingerprint density at radius 3 is 2.50 bits per heavy atom. The number of rotatable bonds is 3. The van der Waals surface area contributed by atoms with E-state index in [4.69, 9.17) is 4.55 Å². The molecular weight excluding hydrogens is 182 g/mol. The molecule has 0 rings (SSSR count). The average Bonchev–Trinajstić information content (AvgIpc) is 1.59. The zero-order valence-electron chi connectivity index (χ0n) is 4.90. The monoisotopic (exact) mass is 187 g/mol. The highest BCUT2D eigenvalue weighted by atomic mass is 32.3.